The van der Waals surface area contributed by atoms with Gasteiger partial charge < -0.3 is 15.4 Å². The van der Waals surface area contributed by atoms with Gasteiger partial charge in [0.2, 0.25) is 11.8 Å². The normalized spacial score (nSPS) is 11.8. The van der Waals surface area contributed by atoms with Gasteiger partial charge in [-0.25, -0.2) is 4.79 Å². The lowest BCUT2D eigenvalue weighted by Gasteiger charge is -2.30. The van der Waals surface area contributed by atoms with Crippen molar-refractivity contribution in [3.05, 3.63) is 0 Å². The van der Waals surface area contributed by atoms with E-state index in [1.54, 1.807) is 4.90 Å². The highest BCUT2D eigenvalue weighted by Crippen LogP contribution is 2.15. The molecule has 6 heteroatoms. The molecule has 2 N–H and O–H groups in total. The van der Waals surface area contributed by atoms with Gasteiger partial charge >= 0.3 is 5.97 Å². The second-order valence-electron chi connectivity index (χ2n) is 6.44. The minimum Gasteiger partial charge on any atom is -0.464 e. The fourth-order valence-electron chi connectivity index (χ4n) is 2.55. The molecule has 6 nitrogen and oxygen atoms in total. The minimum atomic E-state index is -0.718. The predicted octanol–water partition coefficient (Wildman–Crippen LogP) is 3.17. The number of esters is 1. The molecule has 0 saturated heterocycles. The van der Waals surface area contributed by atoms with E-state index in [0.29, 0.717) is 19.6 Å². The lowest BCUT2D eigenvalue weighted by atomic mass is 10.1. The van der Waals surface area contributed by atoms with Gasteiger partial charge in [-0.3, -0.25) is 9.59 Å². The fraction of sp³-hybridized carbons (Fsp3) is 0.842. The Morgan fingerprint density at radius 3 is 2.12 bits per heavy atom. The second-order valence-corrected chi connectivity index (χ2v) is 6.44. The van der Waals surface area contributed by atoms with Crippen LogP contribution in [0.3, 0.4) is 0 Å². The third-order valence-corrected chi connectivity index (χ3v) is 4.12. The molecule has 0 spiro atoms. The van der Waals surface area contributed by atoms with Gasteiger partial charge in [0, 0.05) is 19.4 Å². The molecule has 0 aliphatic heterocycles. The Bertz CT molecular complexity index is 399. The van der Waals surface area contributed by atoms with Crippen molar-refractivity contribution < 1.29 is 19.1 Å². The first kappa shape index (κ1) is 23.4. The number of nitrogens with zero attached hydrogens (tertiary/aromatic N) is 1. The molecule has 0 radical (unpaired) electrons. The van der Waals surface area contributed by atoms with Crippen LogP contribution in [0.5, 0.6) is 0 Å². The van der Waals surface area contributed by atoms with Crippen LogP contribution in [0, 0.1) is 0 Å². The maximum absolute atomic E-state index is 12.6. The van der Waals surface area contributed by atoms with Crippen molar-refractivity contribution in [3.8, 4) is 0 Å². The molecule has 0 aromatic rings. The van der Waals surface area contributed by atoms with Gasteiger partial charge in [-0.2, -0.15) is 0 Å². The molecule has 2 amide bonds. The van der Waals surface area contributed by atoms with Gasteiger partial charge in [0.15, 0.2) is 0 Å². The van der Waals surface area contributed by atoms with Gasteiger partial charge in [-0.1, -0.05) is 46.5 Å². The average Bonchev–Trinajstić information content (AvgIpc) is 2.57. The summed E-state index contributed by atoms with van der Waals surface area (Å²) in [5.74, 6) is -0.932. The van der Waals surface area contributed by atoms with Crippen molar-refractivity contribution in [2.24, 2.45) is 5.73 Å². The van der Waals surface area contributed by atoms with Crippen LogP contribution in [0.2, 0.25) is 0 Å². The molecule has 25 heavy (non-hydrogen) atoms. The summed E-state index contributed by atoms with van der Waals surface area (Å²) in [6.45, 7) is 6.99. The first-order valence-electron chi connectivity index (χ1n) is 9.72. The summed E-state index contributed by atoms with van der Waals surface area (Å²) < 4.78 is 5.33. The predicted molar refractivity (Wildman–Crippen MR) is 98.8 cm³/mol. The topological polar surface area (TPSA) is 89.7 Å². The van der Waals surface area contributed by atoms with Crippen LogP contribution in [-0.4, -0.2) is 41.9 Å². The van der Waals surface area contributed by atoms with Crippen molar-refractivity contribution in [3.63, 3.8) is 0 Å². The van der Waals surface area contributed by atoms with E-state index in [0.717, 1.165) is 44.9 Å². The highest BCUT2D eigenvalue weighted by Gasteiger charge is 2.30. The number of nitrogens with two attached hydrogens (primary N) is 1. The Kier molecular flexibility index (Phi) is 13.8. The Morgan fingerprint density at radius 1 is 0.920 bits per heavy atom. The van der Waals surface area contributed by atoms with Crippen LogP contribution in [0.25, 0.3) is 0 Å². The first-order valence-corrected chi connectivity index (χ1v) is 9.72. The van der Waals surface area contributed by atoms with E-state index >= 15 is 0 Å². The van der Waals surface area contributed by atoms with E-state index in [4.69, 9.17) is 10.5 Å². The number of carbonyl (C=O) groups is 3. The van der Waals surface area contributed by atoms with Crippen LogP contribution in [0.15, 0.2) is 0 Å². The monoisotopic (exact) mass is 356 g/mol. The van der Waals surface area contributed by atoms with Crippen molar-refractivity contribution in [2.45, 2.75) is 91.0 Å². The zero-order chi connectivity index (χ0) is 19.1. The van der Waals surface area contributed by atoms with Crippen LogP contribution in [-0.2, 0) is 19.1 Å². The second kappa shape index (κ2) is 14.7. The summed E-state index contributed by atoms with van der Waals surface area (Å²) in [5, 5.41) is 0. The highest BCUT2D eigenvalue weighted by molar-refractivity contribution is 5.85. The molecule has 146 valence electrons. The van der Waals surface area contributed by atoms with Crippen molar-refractivity contribution in [2.75, 3.05) is 13.2 Å². The van der Waals surface area contributed by atoms with E-state index in [9.17, 15) is 14.4 Å². The van der Waals surface area contributed by atoms with Crippen molar-refractivity contribution >= 4 is 17.8 Å². The lowest BCUT2D eigenvalue weighted by Crippen LogP contribution is -2.47. The maximum Gasteiger partial charge on any atom is 0.328 e. The maximum atomic E-state index is 12.6. The van der Waals surface area contributed by atoms with Crippen molar-refractivity contribution in [1.29, 1.82) is 0 Å². The van der Waals surface area contributed by atoms with Crippen LogP contribution in [0.4, 0.5) is 0 Å². The fourth-order valence-corrected chi connectivity index (χ4v) is 2.55. The first-order chi connectivity index (χ1) is 12.0. The van der Waals surface area contributed by atoms with Crippen LogP contribution < -0.4 is 5.73 Å². The summed E-state index contributed by atoms with van der Waals surface area (Å²) in [5.41, 5.74) is 5.24. The molecule has 1 atom stereocenters. The molecular weight excluding hydrogens is 320 g/mol. The molecule has 0 bridgehead atoms. The lowest BCUT2D eigenvalue weighted by molar-refractivity contribution is -0.156. The number of ether oxygens (including phenoxy) is 1. The zero-order valence-corrected chi connectivity index (χ0v) is 16.2. The molecule has 0 aromatic carbocycles. The molecular formula is C19H36N2O4. The summed E-state index contributed by atoms with van der Waals surface area (Å²) in [6.07, 6.45) is 7.00. The van der Waals surface area contributed by atoms with E-state index in [1.165, 1.54) is 0 Å². The number of primary amides is 1. The number of unbranched alkanes of at least 4 members (excludes halogenated alkanes) is 4. The van der Waals surface area contributed by atoms with Gasteiger partial charge in [-0.05, 0) is 25.7 Å². The SMILES string of the molecule is CCCCCC(=O)N(CCCC)[C@@H](CCC(N)=O)C(=O)OCCCC. The smallest absolute Gasteiger partial charge is 0.328 e. The molecule has 0 aliphatic carbocycles. The molecule has 0 heterocycles. The Balaban J connectivity index is 5.08. The Morgan fingerprint density at radius 2 is 1.56 bits per heavy atom. The third kappa shape index (κ3) is 10.8. The number of amides is 2. The highest BCUT2D eigenvalue weighted by atomic mass is 16.5. The summed E-state index contributed by atoms with van der Waals surface area (Å²) >= 11 is 0. The molecule has 0 fully saturated rings. The average molecular weight is 357 g/mol. The molecule has 0 aliphatic rings. The van der Waals surface area contributed by atoms with E-state index < -0.39 is 17.9 Å². The minimum absolute atomic E-state index is 0.0381. The van der Waals surface area contributed by atoms with Crippen molar-refractivity contribution in [1.82, 2.24) is 4.90 Å². The van der Waals surface area contributed by atoms with Gasteiger partial charge in [-0.15, -0.1) is 0 Å². The number of hydrogen-bond donors (Lipinski definition) is 1. The van der Waals surface area contributed by atoms with E-state index in [2.05, 4.69) is 6.92 Å². The third-order valence-electron chi connectivity index (χ3n) is 4.12. The summed E-state index contributed by atoms with van der Waals surface area (Å²) in [7, 11) is 0. The van der Waals surface area contributed by atoms with E-state index in [1.807, 2.05) is 13.8 Å². The standard InChI is InChI=1S/C19H36N2O4/c1-4-7-10-11-18(23)21(14-8-5-2)16(12-13-17(20)22)19(24)25-15-9-6-3/h16H,4-15H2,1-3H3,(H2,20,22)/t16-/m0/s1. The number of rotatable bonds is 15. The molecule has 0 rings (SSSR count). The van der Waals surface area contributed by atoms with Gasteiger partial charge in [0.1, 0.15) is 6.04 Å². The van der Waals surface area contributed by atoms with E-state index in [-0.39, 0.29) is 18.7 Å². The molecule has 0 aromatic heterocycles. The summed E-state index contributed by atoms with van der Waals surface area (Å²) in [4.78, 5) is 37.9. The van der Waals surface area contributed by atoms with Crippen LogP contribution >= 0.6 is 0 Å². The number of carbonyl (C=O) groups excluding carboxylic acids is 3. The number of hydrogen-bond acceptors (Lipinski definition) is 4. The molecule has 0 saturated carbocycles. The Hall–Kier alpha value is -1.59. The Labute approximate surface area is 152 Å². The zero-order valence-electron chi connectivity index (χ0n) is 16.2. The van der Waals surface area contributed by atoms with Gasteiger partial charge in [0.05, 0.1) is 6.61 Å². The summed E-state index contributed by atoms with van der Waals surface area (Å²) in [6, 6.07) is -0.718. The quantitative estimate of drug-likeness (QED) is 0.360. The molecule has 0 unspecified atom stereocenters. The van der Waals surface area contributed by atoms with Gasteiger partial charge in [0.25, 0.3) is 0 Å². The largest absolute Gasteiger partial charge is 0.464 e. The van der Waals surface area contributed by atoms with Crippen LogP contribution in [0.1, 0.15) is 85.0 Å².